The first kappa shape index (κ1) is 14.8. The Kier molecular flexibility index (Phi) is 7.25. The van der Waals surface area contributed by atoms with Crippen molar-refractivity contribution in [2.24, 2.45) is 0 Å². The Hall–Kier alpha value is -1.23. The van der Waals surface area contributed by atoms with E-state index in [1.807, 2.05) is 31.2 Å². The zero-order valence-electron chi connectivity index (χ0n) is 11.0. The Morgan fingerprint density at radius 3 is 2.44 bits per heavy atom. The summed E-state index contributed by atoms with van der Waals surface area (Å²) < 4.78 is 15.3. The molecule has 1 aromatic carbocycles. The number of ketones is 1. The number of carbonyl (C=O) groups is 1. The standard InChI is InChI=1S/C14H20O4/c1-12-5-3-4-6-13(12)14(15)11-18-10-9-17-8-7-16-2/h3-6H,7-11H2,1-2H3. The lowest BCUT2D eigenvalue weighted by molar-refractivity contribution is 0.0253. The van der Waals surface area contributed by atoms with Crippen molar-refractivity contribution in [2.75, 3.05) is 40.1 Å². The Balaban J connectivity index is 2.16. The topological polar surface area (TPSA) is 44.8 Å². The molecule has 18 heavy (non-hydrogen) atoms. The van der Waals surface area contributed by atoms with Crippen LogP contribution in [0.2, 0.25) is 0 Å². The molecule has 0 aliphatic carbocycles. The molecule has 0 radical (unpaired) electrons. The summed E-state index contributed by atoms with van der Waals surface area (Å²) in [6.07, 6.45) is 0. The van der Waals surface area contributed by atoms with Gasteiger partial charge >= 0.3 is 0 Å². The summed E-state index contributed by atoms with van der Waals surface area (Å²) in [7, 11) is 1.63. The van der Waals surface area contributed by atoms with Gasteiger partial charge in [0, 0.05) is 12.7 Å². The van der Waals surface area contributed by atoms with Gasteiger partial charge < -0.3 is 14.2 Å². The van der Waals surface area contributed by atoms with Crippen LogP contribution in [0.5, 0.6) is 0 Å². The maximum atomic E-state index is 11.8. The lowest BCUT2D eigenvalue weighted by atomic mass is 10.1. The Labute approximate surface area is 108 Å². The van der Waals surface area contributed by atoms with Crippen LogP contribution >= 0.6 is 0 Å². The molecule has 100 valence electrons. The SMILES string of the molecule is COCCOCCOCC(=O)c1ccccc1C. The van der Waals surface area contributed by atoms with Gasteiger partial charge in [-0.3, -0.25) is 4.79 Å². The van der Waals surface area contributed by atoms with Gasteiger partial charge in [0.25, 0.3) is 0 Å². The highest BCUT2D eigenvalue weighted by Gasteiger charge is 2.07. The third-order valence-corrected chi connectivity index (χ3v) is 2.48. The van der Waals surface area contributed by atoms with Crippen molar-refractivity contribution in [1.29, 1.82) is 0 Å². The van der Waals surface area contributed by atoms with Gasteiger partial charge in [-0.05, 0) is 12.5 Å². The van der Waals surface area contributed by atoms with E-state index in [9.17, 15) is 4.79 Å². The first-order valence-electron chi connectivity index (χ1n) is 5.99. The van der Waals surface area contributed by atoms with E-state index in [4.69, 9.17) is 14.2 Å². The second-order valence-corrected chi connectivity index (χ2v) is 3.90. The van der Waals surface area contributed by atoms with E-state index in [-0.39, 0.29) is 12.4 Å². The van der Waals surface area contributed by atoms with Crippen molar-refractivity contribution < 1.29 is 19.0 Å². The molecule has 0 saturated heterocycles. The molecule has 0 N–H and O–H groups in total. The summed E-state index contributed by atoms with van der Waals surface area (Å²) >= 11 is 0. The number of methoxy groups -OCH3 is 1. The van der Waals surface area contributed by atoms with Gasteiger partial charge in [0.05, 0.1) is 26.4 Å². The third-order valence-electron chi connectivity index (χ3n) is 2.48. The summed E-state index contributed by atoms with van der Waals surface area (Å²) in [4.78, 5) is 11.8. The first-order valence-corrected chi connectivity index (χ1v) is 5.99. The number of carbonyl (C=O) groups excluding carboxylic acids is 1. The average molecular weight is 252 g/mol. The Morgan fingerprint density at radius 2 is 1.72 bits per heavy atom. The third kappa shape index (κ3) is 5.40. The summed E-state index contributed by atoms with van der Waals surface area (Å²) in [5.74, 6) is 0.00462. The Morgan fingerprint density at radius 1 is 1.06 bits per heavy atom. The van der Waals surface area contributed by atoms with Crippen LogP contribution in [-0.2, 0) is 14.2 Å². The minimum Gasteiger partial charge on any atom is -0.382 e. The van der Waals surface area contributed by atoms with E-state index < -0.39 is 0 Å². The summed E-state index contributed by atoms with van der Waals surface area (Å²) in [5.41, 5.74) is 1.69. The maximum absolute atomic E-state index is 11.8. The van der Waals surface area contributed by atoms with Crippen molar-refractivity contribution in [3.05, 3.63) is 35.4 Å². The Bertz CT molecular complexity index is 363. The molecular weight excluding hydrogens is 232 g/mol. The van der Waals surface area contributed by atoms with Crippen molar-refractivity contribution in [3.8, 4) is 0 Å². The number of rotatable bonds is 9. The van der Waals surface area contributed by atoms with Gasteiger partial charge in [-0.2, -0.15) is 0 Å². The van der Waals surface area contributed by atoms with Gasteiger partial charge in [0.15, 0.2) is 5.78 Å². The first-order chi connectivity index (χ1) is 8.75. The second kappa shape index (κ2) is 8.80. The van der Waals surface area contributed by atoms with Crippen LogP contribution in [-0.4, -0.2) is 45.9 Å². The summed E-state index contributed by atoms with van der Waals surface area (Å²) in [6.45, 7) is 4.03. The van der Waals surface area contributed by atoms with E-state index >= 15 is 0 Å². The molecule has 0 bridgehead atoms. The zero-order chi connectivity index (χ0) is 13.2. The van der Waals surface area contributed by atoms with Gasteiger partial charge in [-0.1, -0.05) is 24.3 Å². The lowest BCUT2D eigenvalue weighted by Crippen LogP contribution is -2.14. The molecule has 4 nitrogen and oxygen atoms in total. The molecule has 0 aliphatic heterocycles. The zero-order valence-corrected chi connectivity index (χ0v) is 11.0. The van der Waals surface area contributed by atoms with E-state index in [1.54, 1.807) is 7.11 Å². The van der Waals surface area contributed by atoms with Gasteiger partial charge in [0.1, 0.15) is 6.61 Å². The maximum Gasteiger partial charge on any atom is 0.188 e. The van der Waals surface area contributed by atoms with E-state index in [2.05, 4.69) is 0 Å². The molecule has 1 aromatic rings. The number of hydrogen-bond acceptors (Lipinski definition) is 4. The van der Waals surface area contributed by atoms with Crippen molar-refractivity contribution >= 4 is 5.78 Å². The fourth-order valence-corrected chi connectivity index (χ4v) is 1.49. The monoisotopic (exact) mass is 252 g/mol. The molecule has 0 saturated carbocycles. The molecule has 0 atom stereocenters. The number of ether oxygens (including phenoxy) is 3. The highest BCUT2D eigenvalue weighted by Crippen LogP contribution is 2.07. The average Bonchev–Trinajstić information content (AvgIpc) is 2.38. The number of hydrogen-bond donors (Lipinski definition) is 0. The molecule has 0 spiro atoms. The van der Waals surface area contributed by atoms with Crippen molar-refractivity contribution in [1.82, 2.24) is 0 Å². The minimum atomic E-state index is 0.00462. The van der Waals surface area contributed by atoms with E-state index in [0.29, 0.717) is 26.4 Å². The fraction of sp³-hybridized carbons (Fsp3) is 0.500. The molecule has 0 aromatic heterocycles. The predicted octanol–water partition coefficient (Wildman–Crippen LogP) is 1.86. The predicted molar refractivity (Wildman–Crippen MR) is 69.0 cm³/mol. The molecule has 1 rings (SSSR count). The smallest absolute Gasteiger partial charge is 0.188 e. The van der Waals surface area contributed by atoms with Crippen LogP contribution < -0.4 is 0 Å². The summed E-state index contributed by atoms with van der Waals surface area (Å²) in [5, 5.41) is 0. The normalized spacial score (nSPS) is 10.6. The molecule has 0 unspecified atom stereocenters. The molecule has 0 aliphatic rings. The van der Waals surface area contributed by atoms with Crippen LogP contribution in [0.25, 0.3) is 0 Å². The highest BCUT2D eigenvalue weighted by atomic mass is 16.5. The second-order valence-electron chi connectivity index (χ2n) is 3.90. The van der Waals surface area contributed by atoms with Crippen LogP contribution in [0.1, 0.15) is 15.9 Å². The summed E-state index contributed by atoms with van der Waals surface area (Å²) in [6, 6.07) is 7.50. The molecule has 4 heteroatoms. The molecule has 0 fully saturated rings. The largest absolute Gasteiger partial charge is 0.382 e. The van der Waals surface area contributed by atoms with E-state index in [0.717, 1.165) is 11.1 Å². The number of Topliss-reactive ketones (excluding diaryl/α,β-unsaturated/α-hetero) is 1. The van der Waals surface area contributed by atoms with Crippen molar-refractivity contribution in [3.63, 3.8) is 0 Å². The molecule has 0 amide bonds. The molecule has 0 heterocycles. The van der Waals surface area contributed by atoms with Gasteiger partial charge in [0.2, 0.25) is 0 Å². The van der Waals surface area contributed by atoms with Crippen LogP contribution in [0, 0.1) is 6.92 Å². The number of aryl methyl sites for hydroxylation is 1. The highest BCUT2D eigenvalue weighted by molar-refractivity contribution is 5.98. The van der Waals surface area contributed by atoms with E-state index in [1.165, 1.54) is 0 Å². The lowest BCUT2D eigenvalue weighted by Gasteiger charge is -2.06. The van der Waals surface area contributed by atoms with Crippen LogP contribution in [0.4, 0.5) is 0 Å². The molecular formula is C14H20O4. The van der Waals surface area contributed by atoms with Crippen molar-refractivity contribution in [2.45, 2.75) is 6.92 Å². The van der Waals surface area contributed by atoms with Crippen LogP contribution in [0.15, 0.2) is 24.3 Å². The number of benzene rings is 1. The van der Waals surface area contributed by atoms with Crippen LogP contribution in [0.3, 0.4) is 0 Å². The quantitative estimate of drug-likeness (QED) is 0.497. The van der Waals surface area contributed by atoms with Gasteiger partial charge in [-0.15, -0.1) is 0 Å². The van der Waals surface area contributed by atoms with Gasteiger partial charge in [-0.25, -0.2) is 0 Å². The fourth-order valence-electron chi connectivity index (χ4n) is 1.49. The minimum absolute atomic E-state index is 0.00462.